The normalized spacial score (nSPS) is 26.2. The van der Waals surface area contributed by atoms with Crippen LogP contribution in [0, 0.1) is 24.7 Å². The number of amides is 1. The minimum absolute atomic E-state index is 0.0345. The third kappa shape index (κ3) is 6.57. The summed E-state index contributed by atoms with van der Waals surface area (Å²) in [6.45, 7) is 9.48. The summed E-state index contributed by atoms with van der Waals surface area (Å²) in [5, 5.41) is 13.0. The van der Waals surface area contributed by atoms with Crippen LogP contribution in [0.1, 0.15) is 67.1 Å². The highest BCUT2D eigenvalue weighted by Gasteiger charge is 2.33. The van der Waals surface area contributed by atoms with Crippen LogP contribution in [0.15, 0.2) is 65.9 Å². The molecule has 1 saturated heterocycles. The summed E-state index contributed by atoms with van der Waals surface area (Å²) in [6, 6.07) is 14.0. The maximum absolute atomic E-state index is 13.6. The fourth-order valence-electron chi connectivity index (χ4n) is 5.94. The van der Waals surface area contributed by atoms with Crippen molar-refractivity contribution in [1.29, 1.82) is 0 Å². The van der Waals surface area contributed by atoms with Crippen molar-refractivity contribution in [1.82, 2.24) is 40.9 Å². The summed E-state index contributed by atoms with van der Waals surface area (Å²) in [4.78, 5) is 26.3. The fourth-order valence-corrected chi connectivity index (χ4v) is 5.94. The molecule has 0 radical (unpaired) electrons. The fraction of sp³-hybridized carbons (Fsp3) is 0.484. The first-order chi connectivity index (χ1) is 20.4. The number of tetrazole rings is 1. The van der Waals surface area contributed by atoms with Crippen molar-refractivity contribution in [2.75, 3.05) is 20.1 Å². The molecule has 11 heteroatoms. The van der Waals surface area contributed by atoms with Gasteiger partial charge in [0.1, 0.15) is 17.8 Å². The minimum Gasteiger partial charge on any atom is -0.474 e. The van der Waals surface area contributed by atoms with E-state index >= 15 is 0 Å². The molecule has 2 unspecified atom stereocenters. The number of pyridine rings is 1. The molecular formula is C31H41N9O2. The zero-order chi connectivity index (χ0) is 29.6. The number of rotatable bonds is 7. The van der Waals surface area contributed by atoms with E-state index in [0.717, 1.165) is 24.0 Å². The summed E-state index contributed by atoms with van der Waals surface area (Å²) in [5.41, 5.74) is 8.68. The first kappa shape index (κ1) is 29.5. The van der Waals surface area contributed by atoms with Gasteiger partial charge in [-0.2, -0.15) is 4.80 Å². The van der Waals surface area contributed by atoms with Crippen molar-refractivity contribution in [2.45, 2.75) is 58.7 Å². The van der Waals surface area contributed by atoms with E-state index < -0.39 is 0 Å². The first-order valence-corrected chi connectivity index (χ1v) is 14.8. The molecule has 1 fully saturated rings. The summed E-state index contributed by atoms with van der Waals surface area (Å²) in [6.07, 6.45) is 7.05. The molecule has 11 nitrogen and oxygen atoms in total. The number of benzene rings is 1. The van der Waals surface area contributed by atoms with Crippen molar-refractivity contribution in [2.24, 2.45) is 22.7 Å². The number of nitrogens with one attached hydrogen (secondary N) is 2. The van der Waals surface area contributed by atoms with Gasteiger partial charge in [0.05, 0.1) is 0 Å². The Balaban J connectivity index is 1.29. The molecule has 0 bridgehead atoms. The van der Waals surface area contributed by atoms with Gasteiger partial charge in [-0.3, -0.25) is 20.6 Å². The lowest BCUT2D eigenvalue weighted by atomic mass is 9.85. The molecule has 4 heterocycles. The highest BCUT2D eigenvalue weighted by molar-refractivity contribution is 5.98. The van der Waals surface area contributed by atoms with Gasteiger partial charge in [0.25, 0.3) is 5.91 Å². The molecule has 0 spiro atoms. The van der Waals surface area contributed by atoms with Gasteiger partial charge in [-0.05, 0) is 68.5 Å². The van der Waals surface area contributed by atoms with Crippen molar-refractivity contribution >= 4 is 11.8 Å². The second-order valence-corrected chi connectivity index (χ2v) is 11.3. The first-order valence-electron chi connectivity index (χ1n) is 14.8. The Morgan fingerprint density at radius 3 is 2.55 bits per heavy atom. The standard InChI is InChI=1S/C31H41N9O2/c1-20-11-15-34-30(42-22(3)21(2)28(20)36-32-5)26-12-16-33-27(19-26)31(41)39-17-13-25(14-18-39)29(24-9-7-6-8-10-24)40-37-23(4)35-38-40/h6-12,15-16,19-22,25,28-29,32,36H,13-14,17-18H2,1-5H3/b15-11+,34-30-/t20?,21-,22+,28+,29?/m1/s1. The maximum atomic E-state index is 13.6. The topological polar surface area (TPSA) is 122 Å². The third-order valence-electron chi connectivity index (χ3n) is 8.48. The van der Waals surface area contributed by atoms with Gasteiger partial charge in [-0.25, -0.2) is 4.99 Å². The van der Waals surface area contributed by atoms with E-state index in [1.807, 2.05) is 43.1 Å². The molecule has 0 aliphatic carbocycles. The van der Waals surface area contributed by atoms with Gasteiger partial charge < -0.3 is 9.64 Å². The molecule has 42 heavy (non-hydrogen) atoms. The number of likely N-dealkylation sites (tertiary alicyclic amines) is 1. The molecule has 2 aliphatic rings. The number of ether oxygens (including phenoxy) is 1. The molecule has 5 atom stereocenters. The number of carbonyl (C=O) groups excluding carboxylic acids is 1. The van der Waals surface area contributed by atoms with Gasteiger partial charge >= 0.3 is 0 Å². The van der Waals surface area contributed by atoms with Crippen LogP contribution in [0.5, 0.6) is 0 Å². The molecule has 1 amide bonds. The van der Waals surface area contributed by atoms with Crippen LogP contribution in [-0.2, 0) is 4.74 Å². The number of hydrazine groups is 1. The number of aryl methyl sites for hydroxylation is 1. The van der Waals surface area contributed by atoms with Crippen molar-refractivity contribution in [3.63, 3.8) is 0 Å². The van der Waals surface area contributed by atoms with Gasteiger partial charge in [-0.1, -0.05) is 50.3 Å². The van der Waals surface area contributed by atoms with Gasteiger partial charge in [-0.15, -0.1) is 10.2 Å². The second-order valence-electron chi connectivity index (χ2n) is 11.3. The molecule has 5 rings (SSSR count). The van der Waals surface area contributed by atoms with Crippen molar-refractivity contribution in [3.05, 3.63) is 83.6 Å². The number of nitrogens with zero attached hydrogens (tertiary/aromatic N) is 7. The zero-order valence-corrected chi connectivity index (χ0v) is 25.0. The Labute approximate surface area is 247 Å². The molecule has 1 aromatic carbocycles. The number of piperidine rings is 1. The average Bonchev–Trinajstić information content (AvgIpc) is 3.45. The van der Waals surface area contributed by atoms with Crippen molar-refractivity contribution in [3.8, 4) is 0 Å². The van der Waals surface area contributed by atoms with E-state index in [0.29, 0.717) is 30.5 Å². The third-order valence-corrected chi connectivity index (χ3v) is 8.48. The lowest BCUT2D eigenvalue weighted by Crippen LogP contribution is -2.49. The van der Waals surface area contributed by atoms with E-state index in [-0.39, 0.29) is 41.8 Å². The lowest BCUT2D eigenvalue weighted by Gasteiger charge is -2.35. The van der Waals surface area contributed by atoms with E-state index in [4.69, 9.17) is 4.74 Å². The van der Waals surface area contributed by atoms with Crippen LogP contribution >= 0.6 is 0 Å². The van der Waals surface area contributed by atoms with Crippen LogP contribution in [-0.4, -0.2) is 74.2 Å². The quantitative estimate of drug-likeness (QED) is 0.413. The van der Waals surface area contributed by atoms with Crippen LogP contribution in [0.4, 0.5) is 0 Å². The monoisotopic (exact) mass is 571 g/mol. The largest absolute Gasteiger partial charge is 0.474 e. The van der Waals surface area contributed by atoms with Crippen LogP contribution < -0.4 is 10.9 Å². The summed E-state index contributed by atoms with van der Waals surface area (Å²) in [5.74, 6) is 1.75. The average molecular weight is 572 g/mol. The highest BCUT2D eigenvalue weighted by atomic mass is 16.5. The Morgan fingerprint density at radius 1 is 1.10 bits per heavy atom. The number of aliphatic imine (C=N–C) groups is 1. The molecule has 2 aliphatic heterocycles. The van der Waals surface area contributed by atoms with Crippen molar-refractivity contribution < 1.29 is 9.53 Å². The molecule has 2 aromatic heterocycles. The van der Waals surface area contributed by atoms with Crippen LogP contribution in [0.2, 0.25) is 0 Å². The maximum Gasteiger partial charge on any atom is 0.272 e. The number of aromatic nitrogens is 5. The van der Waals surface area contributed by atoms with E-state index in [1.165, 1.54) is 0 Å². The highest BCUT2D eigenvalue weighted by Crippen LogP contribution is 2.33. The minimum atomic E-state index is -0.107. The second kappa shape index (κ2) is 13.3. The van der Waals surface area contributed by atoms with Gasteiger partial charge in [0.15, 0.2) is 5.82 Å². The molecule has 0 saturated carbocycles. The molecule has 2 N–H and O–H groups in total. The van der Waals surface area contributed by atoms with E-state index in [2.05, 4.69) is 75.2 Å². The molecule has 3 aromatic rings. The number of hydrogen-bond donors (Lipinski definition) is 2. The smallest absolute Gasteiger partial charge is 0.272 e. The SMILES string of the molecule is CNN[C@H]1C(C)/C=C/N=C(/c2ccnc(C(=O)N3CCC(C(c4ccccc4)n4nnc(C)n4)CC3)c2)O[C@@H](C)[C@H]1C. The predicted octanol–water partition coefficient (Wildman–Crippen LogP) is 3.56. The van der Waals surface area contributed by atoms with Gasteiger partial charge in [0.2, 0.25) is 5.90 Å². The van der Waals surface area contributed by atoms with Crippen LogP contribution in [0.3, 0.4) is 0 Å². The number of hydrogen-bond acceptors (Lipinski definition) is 9. The summed E-state index contributed by atoms with van der Waals surface area (Å²) in [7, 11) is 1.87. The Kier molecular flexibility index (Phi) is 9.38. The molecule has 222 valence electrons. The summed E-state index contributed by atoms with van der Waals surface area (Å²) < 4.78 is 6.36. The van der Waals surface area contributed by atoms with Crippen LogP contribution in [0.25, 0.3) is 0 Å². The van der Waals surface area contributed by atoms with E-state index in [1.54, 1.807) is 23.3 Å². The zero-order valence-electron chi connectivity index (χ0n) is 25.0. The summed E-state index contributed by atoms with van der Waals surface area (Å²) >= 11 is 0. The Morgan fingerprint density at radius 2 is 1.86 bits per heavy atom. The predicted molar refractivity (Wildman–Crippen MR) is 161 cm³/mol. The lowest BCUT2D eigenvalue weighted by molar-refractivity contribution is 0.0658. The Bertz CT molecular complexity index is 1400. The number of carbonyl (C=O) groups is 1. The molecular weight excluding hydrogens is 530 g/mol. The van der Waals surface area contributed by atoms with Gasteiger partial charge in [0, 0.05) is 43.0 Å². The van der Waals surface area contributed by atoms with E-state index in [9.17, 15) is 4.79 Å². The Hall–Kier alpha value is -3.96.